The van der Waals surface area contributed by atoms with Crippen LogP contribution >= 0.6 is 12.4 Å². The molecule has 0 aromatic heterocycles. The number of amides is 2. The second kappa shape index (κ2) is 8.49. The first-order valence-corrected chi connectivity index (χ1v) is 8.50. The lowest BCUT2D eigenvalue weighted by atomic mass is 9.96. The quantitative estimate of drug-likeness (QED) is 0.882. The maximum atomic E-state index is 12.5. The Hall–Kier alpha value is -1.59. The second-order valence-corrected chi connectivity index (χ2v) is 6.51. The second-order valence-electron chi connectivity index (χ2n) is 6.51. The van der Waals surface area contributed by atoms with Gasteiger partial charge in [-0.3, -0.25) is 9.59 Å². The van der Waals surface area contributed by atoms with Crippen molar-refractivity contribution in [1.29, 1.82) is 0 Å². The number of piperidine rings is 1. The molecule has 6 heteroatoms. The summed E-state index contributed by atoms with van der Waals surface area (Å²) in [6, 6.07) is 7.68. The Balaban J connectivity index is 0.00000208. The highest BCUT2D eigenvalue weighted by atomic mass is 35.5. The third kappa shape index (κ3) is 4.28. The standard InChI is InChI=1S/C18H25N3O2.ClH/c1-14-2-4-15(5-3-14)17(22)20-10-12-21(13-11-20)18(23)16-6-8-19-9-7-16;/h2-5,16,19H,6-13H2,1H3;1H. The SMILES string of the molecule is Cc1ccc(C(=O)N2CCN(C(=O)C3CCNCC3)CC2)cc1.Cl. The minimum atomic E-state index is 0. The van der Waals surface area contributed by atoms with Crippen LogP contribution in [0.1, 0.15) is 28.8 Å². The highest BCUT2D eigenvalue weighted by molar-refractivity contribution is 5.94. The summed E-state index contributed by atoms with van der Waals surface area (Å²) >= 11 is 0. The number of rotatable bonds is 2. The maximum absolute atomic E-state index is 12.5. The molecule has 0 radical (unpaired) electrons. The Bertz CT molecular complexity index is 562. The lowest BCUT2D eigenvalue weighted by molar-refractivity contribution is -0.137. The van der Waals surface area contributed by atoms with Gasteiger partial charge in [0, 0.05) is 37.7 Å². The number of aryl methyl sites for hydroxylation is 1. The molecule has 0 unspecified atom stereocenters. The Kier molecular flexibility index (Phi) is 6.63. The van der Waals surface area contributed by atoms with E-state index in [1.165, 1.54) is 0 Å². The van der Waals surface area contributed by atoms with Crippen molar-refractivity contribution in [3.8, 4) is 0 Å². The van der Waals surface area contributed by atoms with Crippen LogP contribution in [-0.2, 0) is 4.79 Å². The Labute approximate surface area is 149 Å². The van der Waals surface area contributed by atoms with E-state index in [2.05, 4.69) is 5.32 Å². The molecule has 5 nitrogen and oxygen atoms in total. The fourth-order valence-corrected chi connectivity index (χ4v) is 3.34. The normalized spacial score (nSPS) is 18.9. The monoisotopic (exact) mass is 351 g/mol. The fraction of sp³-hybridized carbons (Fsp3) is 0.556. The van der Waals surface area contributed by atoms with Crippen LogP contribution in [0.15, 0.2) is 24.3 Å². The van der Waals surface area contributed by atoms with E-state index < -0.39 is 0 Å². The number of nitrogens with zero attached hydrogens (tertiary/aromatic N) is 2. The van der Waals surface area contributed by atoms with Crippen molar-refractivity contribution in [3.63, 3.8) is 0 Å². The van der Waals surface area contributed by atoms with Crippen molar-refractivity contribution in [2.45, 2.75) is 19.8 Å². The van der Waals surface area contributed by atoms with E-state index in [1.54, 1.807) is 0 Å². The van der Waals surface area contributed by atoms with Crippen molar-refractivity contribution in [2.24, 2.45) is 5.92 Å². The summed E-state index contributed by atoms with van der Waals surface area (Å²) in [6.45, 7) is 6.44. The van der Waals surface area contributed by atoms with Gasteiger partial charge in [-0.2, -0.15) is 0 Å². The zero-order valence-corrected chi connectivity index (χ0v) is 15.0. The molecule has 2 fully saturated rings. The topological polar surface area (TPSA) is 52.7 Å². The fourth-order valence-electron chi connectivity index (χ4n) is 3.34. The van der Waals surface area contributed by atoms with Crippen LogP contribution in [-0.4, -0.2) is 60.9 Å². The Morgan fingerprint density at radius 1 is 0.958 bits per heavy atom. The molecule has 2 aliphatic rings. The maximum Gasteiger partial charge on any atom is 0.253 e. The molecular weight excluding hydrogens is 326 g/mol. The third-order valence-corrected chi connectivity index (χ3v) is 4.87. The van der Waals surface area contributed by atoms with E-state index in [1.807, 2.05) is 41.0 Å². The van der Waals surface area contributed by atoms with Crippen LogP contribution in [0.2, 0.25) is 0 Å². The van der Waals surface area contributed by atoms with Crippen LogP contribution in [0.5, 0.6) is 0 Å². The molecule has 0 spiro atoms. The number of carbonyl (C=O) groups is 2. The molecular formula is C18H26ClN3O2. The van der Waals surface area contributed by atoms with Crippen molar-refractivity contribution in [3.05, 3.63) is 35.4 Å². The van der Waals surface area contributed by atoms with Gasteiger partial charge in [0.05, 0.1) is 0 Å². The van der Waals surface area contributed by atoms with Gasteiger partial charge < -0.3 is 15.1 Å². The molecule has 2 aliphatic heterocycles. The van der Waals surface area contributed by atoms with Gasteiger partial charge in [-0.05, 0) is 45.0 Å². The average molecular weight is 352 g/mol. The van der Waals surface area contributed by atoms with Gasteiger partial charge >= 0.3 is 0 Å². The van der Waals surface area contributed by atoms with Gasteiger partial charge in [0.15, 0.2) is 0 Å². The molecule has 2 saturated heterocycles. The molecule has 132 valence electrons. The number of nitrogens with one attached hydrogen (secondary N) is 1. The van der Waals surface area contributed by atoms with E-state index in [-0.39, 0.29) is 30.1 Å². The molecule has 0 aliphatic carbocycles. The minimum Gasteiger partial charge on any atom is -0.339 e. The zero-order chi connectivity index (χ0) is 16.2. The smallest absolute Gasteiger partial charge is 0.253 e. The van der Waals surface area contributed by atoms with Gasteiger partial charge in [0.25, 0.3) is 5.91 Å². The molecule has 1 aromatic carbocycles. The first-order valence-electron chi connectivity index (χ1n) is 8.50. The largest absolute Gasteiger partial charge is 0.339 e. The zero-order valence-electron chi connectivity index (χ0n) is 14.2. The van der Waals surface area contributed by atoms with Gasteiger partial charge in [-0.25, -0.2) is 0 Å². The summed E-state index contributed by atoms with van der Waals surface area (Å²) in [5, 5.41) is 3.29. The highest BCUT2D eigenvalue weighted by Crippen LogP contribution is 2.17. The van der Waals surface area contributed by atoms with E-state index in [0.29, 0.717) is 26.2 Å². The summed E-state index contributed by atoms with van der Waals surface area (Å²) < 4.78 is 0. The molecule has 24 heavy (non-hydrogen) atoms. The highest BCUT2D eigenvalue weighted by Gasteiger charge is 2.29. The van der Waals surface area contributed by atoms with Crippen LogP contribution < -0.4 is 5.32 Å². The number of carbonyl (C=O) groups excluding carboxylic acids is 2. The number of benzene rings is 1. The van der Waals surface area contributed by atoms with Crippen LogP contribution in [0.25, 0.3) is 0 Å². The minimum absolute atomic E-state index is 0. The van der Waals surface area contributed by atoms with Gasteiger partial charge in [0.2, 0.25) is 5.91 Å². The molecule has 0 atom stereocenters. The number of hydrogen-bond acceptors (Lipinski definition) is 3. The summed E-state index contributed by atoms with van der Waals surface area (Å²) in [4.78, 5) is 28.8. The van der Waals surface area contributed by atoms with E-state index in [0.717, 1.165) is 37.1 Å². The number of halogens is 1. The first-order chi connectivity index (χ1) is 11.1. The molecule has 0 saturated carbocycles. The Morgan fingerprint density at radius 2 is 1.50 bits per heavy atom. The predicted molar refractivity (Wildman–Crippen MR) is 96.5 cm³/mol. The van der Waals surface area contributed by atoms with Crippen LogP contribution in [0, 0.1) is 12.8 Å². The van der Waals surface area contributed by atoms with Crippen molar-refractivity contribution in [1.82, 2.24) is 15.1 Å². The van der Waals surface area contributed by atoms with Gasteiger partial charge in [-0.1, -0.05) is 17.7 Å². The molecule has 2 amide bonds. The van der Waals surface area contributed by atoms with Crippen molar-refractivity contribution >= 4 is 24.2 Å². The third-order valence-electron chi connectivity index (χ3n) is 4.87. The molecule has 0 bridgehead atoms. The van der Waals surface area contributed by atoms with E-state index >= 15 is 0 Å². The van der Waals surface area contributed by atoms with Crippen molar-refractivity contribution < 1.29 is 9.59 Å². The summed E-state index contributed by atoms with van der Waals surface area (Å²) in [7, 11) is 0. The Morgan fingerprint density at radius 3 is 2.08 bits per heavy atom. The predicted octanol–water partition coefficient (Wildman–Crippen LogP) is 1.70. The average Bonchev–Trinajstić information content (AvgIpc) is 2.62. The van der Waals surface area contributed by atoms with E-state index in [9.17, 15) is 9.59 Å². The van der Waals surface area contributed by atoms with Crippen LogP contribution in [0.4, 0.5) is 0 Å². The van der Waals surface area contributed by atoms with E-state index in [4.69, 9.17) is 0 Å². The summed E-state index contributed by atoms with van der Waals surface area (Å²) in [5.41, 5.74) is 1.88. The lowest BCUT2D eigenvalue weighted by Crippen LogP contribution is -2.52. The molecule has 2 heterocycles. The van der Waals surface area contributed by atoms with Gasteiger partial charge in [0.1, 0.15) is 0 Å². The number of hydrogen-bond donors (Lipinski definition) is 1. The van der Waals surface area contributed by atoms with Crippen LogP contribution in [0.3, 0.4) is 0 Å². The first kappa shape index (κ1) is 18.7. The molecule has 3 rings (SSSR count). The lowest BCUT2D eigenvalue weighted by Gasteiger charge is -2.37. The summed E-state index contributed by atoms with van der Waals surface area (Å²) in [6.07, 6.45) is 1.86. The van der Waals surface area contributed by atoms with Gasteiger partial charge in [-0.15, -0.1) is 12.4 Å². The van der Waals surface area contributed by atoms with Crippen molar-refractivity contribution in [2.75, 3.05) is 39.3 Å². The summed E-state index contributed by atoms with van der Waals surface area (Å²) in [5.74, 6) is 0.503. The molecule has 1 aromatic rings. The molecule has 1 N–H and O–H groups in total. The number of piperazine rings is 1.